The van der Waals surface area contributed by atoms with Crippen LogP contribution in [0.3, 0.4) is 0 Å². The highest BCUT2D eigenvalue weighted by molar-refractivity contribution is 6.60. The van der Waals surface area contributed by atoms with Crippen molar-refractivity contribution in [3.05, 3.63) is 0 Å². The minimum absolute atomic E-state index is 0.173. The van der Waals surface area contributed by atoms with Crippen molar-refractivity contribution in [2.24, 2.45) is 0 Å². The van der Waals surface area contributed by atoms with E-state index in [1.165, 1.54) is 0 Å². The van der Waals surface area contributed by atoms with Crippen molar-refractivity contribution in [3.63, 3.8) is 0 Å². The van der Waals surface area contributed by atoms with Crippen LogP contribution in [0.2, 0.25) is 6.04 Å². The fourth-order valence-corrected chi connectivity index (χ4v) is 4.25. The van der Waals surface area contributed by atoms with E-state index >= 15 is 0 Å². The minimum atomic E-state index is -2.36. The van der Waals surface area contributed by atoms with Crippen LogP contribution in [0.4, 0.5) is 0 Å². The first-order chi connectivity index (χ1) is 6.60. The van der Waals surface area contributed by atoms with Gasteiger partial charge in [-0.05, 0) is 27.7 Å². The van der Waals surface area contributed by atoms with Crippen LogP contribution in [0, 0.1) is 0 Å². The van der Waals surface area contributed by atoms with Crippen LogP contribution >= 0.6 is 0 Å². The summed E-state index contributed by atoms with van der Waals surface area (Å²) >= 11 is 0. The third-order valence-electron chi connectivity index (χ3n) is 1.70. The maximum absolute atomic E-state index is 5.85. The molecule has 86 valence electrons. The van der Waals surface area contributed by atoms with Crippen LogP contribution < -0.4 is 0 Å². The monoisotopic (exact) mass is 220 g/mol. The molecule has 4 heteroatoms. The Morgan fingerprint density at radius 3 is 1.79 bits per heavy atom. The molecule has 0 bridgehead atoms. The van der Waals surface area contributed by atoms with E-state index in [-0.39, 0.29) is 6.10 Å². The van der Waals surface area contributed by atoms with Gasteiger partial charge in [-0.1, -0.05) is 13.3 Å². The Hall–Kier alpha value is 0.0969. The second kappa shape index (κ2) is 7.40. The molecule has 0 saturated heterocycles. The summed E-state index contributed by atoms with van der Waals surface area (Å²) in [7, 11) is -2.36. The molecule has 0 amide bonds. The molecule has 0 saturated carbocycles. The third-order valence-corrected chi connectivity index (χ3v) is 5.10. The molecular weight excluding hydrogens is 196 g/mol. The molecule has 0 aromatic carbocycles. The summed E-state index contributed by atoms with van der Waals surface area (Å²) in [5, 5.41) is 0. The maximum atomic E-state index is 5.85. The largest absolute Gasteiger partial charge is 0.501 e. The van der Waals surface area contributed by atoms with Gasteiger partial charge in [-0.2, -0.15) is 0 Å². The van der Waals surface area contributed by atoms with Crippen molar-refractivity contribution in [1.82, 2.24) is 0 Å². The summed E-state index contributed by atoms with van der Waals surface area (Å²) in [5.41, 5.74) is 0. The zero-order valence-electron chi connectivity index (χ0n) is 10.1. The van der Waals surface area contributed by atoms with Crippen molar-refractivity contribution >= 4 is 8.80 Å². The Bertz CT molecular complexity index is 122. The molecule has 0 N–H and O–H groups in total. The van der Waals surface area contributed by atoms with E-state index in [4.69, 9.17) is 13.3 Å². The Kier molecular flexibility index (Phi) is 7.45. The van der Waals surface area contributed by atoms with Crippen molar-refractivity contribution in [2.75, 3.05) is 13.2 Å². The quantitative estimate of drug-likeness (QED) is 0.589. The number of hydrogen-bond donors (Lipinski definition) is 0. The maximum Gasteiger partial charge on any atom is 0.501 e. The third kappa shape index (κ3) is 5.10. The summed E-state index contributed by atoms with van der Waals surface area (Å²) < 4.78 is 17.3. The van der Waals surface area contributed by atoms with Gasteiger partial charge in [-0.25, -0.2) is 0 Å². The van der Waals surface area contributed by atoms with Crippen molar-refractivity contribution in [3.8, 4) is 0 Å². The van der Waals surface area contributed by atoms with Gasteiger partial charge in [0, 0.05) is 25.4 Å². The summed E-state index contributed by atoms with van der Waals surface area (Å²) in [6, 6.07) is 0.910. The van der Waals surface area contributed by atoms with E-state index in [0.717, 1.165) is 12.5 Å². The molecule has 0 aliphatic heterocycles. The molecule has 14 heavy (non-hydrogen) atoms. The molecule has 0 spiro atoms. The molecule has 0 aliphatic carbocycles. The van der Waals surface area contributed by atoms with E-state index < -0.39 is 8.80 Å². The summed E-state index contributed by atoms with van der Waals surface area (Å²) in [5.74, 6) is 0. The first-order valence-corrected chi connectivity index (χ1v) is 7.49. The van der Waals surface area contributed by atoms with Gasteiger partial charge in [-0.3, -0.25) is 0 Å². The van der Waals surface area contributed by atoms with Crippen LogP contribution in [0.25, 0.3) is 0 Å². The average molecular weight is 220 g/mol. The van der Waals surface area contributed by atoms with Crippen LogP contribution in [-0.2, 0) is 13.3 Å². The van der Waals surface area contributed by atoms with Crippen LogP contribution in [-0.4, -0.2) is 28.1 Å². The van der Waals surface area contributed by atoms with Crippen LogP contribution in [0.15, 0.2) is 0 Å². The van der Waals surface area contributed by atoms with Gasteiger partial charge in [0.25, 0.3) is 0 Å². The Morgan fingerprint density at radius 2 is 1.50 bits per heavy atom. The highest BCUT2D eigenvalue weighted by Gasteiger charge is 2.40. The SMILES string of the molecule is CCC[Si](OCC)(OCC)OC(C)C. The zero-order valence-corrected chi connectivity index (χ0v) is 11.1. The fraction of sp³-hybridized carbons (Fsp3) is 1.00. The molecule has 3 nitrogen and oxygen atoms in total. The zero-order chi connectivity index (χ0) is 11.0. The first kappa shape index (κ1) is 14.1. The molecule has 0 aromatic rings. The van der Waals surface area contributed by atoms with Crippen LogP contribution in [0.1, 0.15) is 41.0 Å². The van der Waals surface area contributed by atoms with E-state index in [1.807, 2.05) is 27.7 Å². The van der Waals surface area contributed by atoms with Gasteiger partial charge in [0.1, 0.15) is 0 Å². The molecular formula is C10H24O3Si. The molecule has 0 atom stereocenters. The normalized spacial score (nSPS) is 12.4. The lowest BCUT2D eigenvalue weighted by molar-refractivity contribution is 0.0441. The predicted octanol–water partition coefficient (Wildman–Crippen LogP) is 2.83. The Labute approximate surface area is 89.1 Å². The van der Waals surface area contributed by atoms with Crippen molar-refractivity contribution < 1.29 is 13.3 Å². The van der Waals surface area contributed by atoms with Gasteiger partial charge in [0.2, 0.25) is 0 Å². The second-order valence-corrected chi connectivity index (χ2v) is 6.14. The summed E-state index contributed by atoms with van der Waals surface area (Å²) in [6.07, 6.45) is 1.21. The van der Waals surface area contributed by atoms with Gasteiger partial charge in [0.05, 0.1) is 0 Å². The lowest BCUT2D eigenvalue weighted by atomic mass is 10.5. The number of hydrogen-bond acceptors (Lipinski definition) is 3. The smallest absolute Gasteiger partial charge is 0.374 e. The predicted molar refractivity (Wildman–Crippen MR) is 60.3 cm³/mol. The van der Waals surface area contributed by atoms with E-state index in [0.29, 0.717) is 13.2 Å². The molecule has 0 unspecified atom stereocenters. The lowest BCUT2D eigenvalue weighted by Gasteiger charge is -2.30. The van der Waals surface area contributed by atoms with E-state index in [1.54, 1.807) is 0 Å². The van der Waals surface area contributed by atoms with Gasteiger partial charge >= 0.3 is 8.80 Å². The molecule has 0 radical (unpaired) electrons. The second-order valence-electron chi connectivity index (χ2n) is 3.47. The topological polar surface area (TPSA) is 27.7 Å². The van der Waals surface area contributed by atoms with Gasteiger partial charge in [-0.15, -0.1) is 0 Å². The lowest BCUT2D eigenvalue weighted by Crippen LogP contribution is -2.47. The van der Waals surface area contributed by atoms with Crippen LogP contribution in [0.5, 0.6) is 0 Å². The summed E-state index contributed by atoms with van der Waals surface area (Å²) in [4.78, 5) is 0. The standard InChI is InChI=1S/C10H24O3Si/c1-6-9-14(11-7-2,12-8-3)13-10(4)5/h10H,6-9H2,1-5H3. The van der Waals surface area contributed by atoms with E-state index in [2.05, 4.69) is 6.92 Å². The Morgan fingerprint density at radius 1 is 1.00 bits per heavy atom. The summed E-state index contributed by atoms with van der Waals surface area (Å²) in [6.45, 7) is 11.5. The molecule has 0 fully saturated rings. The fourth-order valence-electron chi connectivity index (χ4n) is 1.42. The molecule has 0 rings (SSSR count). The minimum Gasteiger partial charge on any atom is -0.374 e. The molecule has 0 aliphatic rings. The Balaban J connectivity index is 4.37. The highest BCUT2D eigenvalue weighted by atomic mass is 28.4. The van der Waals surface area contributed by atoms with Crippen molar-refractivity contribution in [2.45, 2.75) is 53.2 Å². The average Bonchev–Trinajstić information content (AvgIpc) is 2.03. The van der Waals surface area contributed by atoms with Gasteiger partial charge < -0.3 is 13.3 Å². The number of rotatable bonds is 8. The first-order valence-electron chi connectivity index (χ1n) is 5.55. The van der Waals surface area contributed by atoms with E-state index in [9.17, 15) is 0 Å². The molecule has 0 aromatic heterocycles. The highest BCUT2D eigenvalue weighted by Crippen LogP contribution is 2.19. The van der Waals surface area contributed by atoms with Gasteiger partial charge in [0.15, 0.2) is 0 Å². The van der Waals surface area contributed by atoms with Crippen molar-refractivity contribution in [1.29, 1.82) is 0 Å². The molecule has 0 heterocycles.